The van der Waals surface area contributed by atoms with Crippen molar-refractivity contribution in [1.82, 2.24) is 20.2 Å². The van der Waals surface area contributed by atoms with Gasteiger partial charge in [0.05, 0.1) is 0 Å². The van der Waals surface area contributed by atoms with Gasteiger partial charge < -0.3 is 14.5 Å². The molecule has 0 aliphatic carbocycles. The number of rotatable bonds is 2. The molecule has 2 fully saturated rings. The zero-order valence-electron chi connectivity index (χ0n) is 14.8. The first-order valence-electron chi connectivity index (χ1n) is 8.49. The molecule has 2 aliphatic heterocycles. The number of hydrazine groups is 1. The Kier molecular flexibility index (Phi) is 5.86. The average molecular weight is 326 g/mol. The normalized spacial score (nSPS) is 21.4. The molecular formula is C16H30N4O3. The smallest absolute Gasteiger partial charge is 0.410 e. The number of nitrogens with zero attached hydrogens (tertiary/aromatic N) is 3. The highest BCUT2D eigenvalue weighted by molar-refractivity contribution is 5.73. The Balaban J connectivity index is 1.69. The van der Waals surface area contributed by atoms with E-state index in [1.54, 1.807) is 11.8 Å². The monoisotopic (exact) mass is 326 g/mol. The zero-order valence-corrected chi connectivity index (χ0v) is 14.8. The van der Waals surface area contributed by atoms with Crippen molar-refractivity contribution in [3.8, 4) is 0 Å². The van der Waals surface area contributed by atoms with Crippen LogP contribution in [-0.4, -0.2) is 77.7 Å². The Morgan fingerprint density at radius 3 is 2.00 bits per heavy atom. The second kappa shape index (κ2) is 7.49. The number of carbonyl (C=O) groups excluding carboxylic acids is 2. The van der Waals surface area contributed by atoms with Gasteiger partial charge in [-0.05, 0) is 33.6 Å². The summed E-state index contributed by atoms with van der Waals surface area (Å²) in [6.45, 7) is 11.9. The van der Waals surface area contributed by atoms with Crippen molar-refractivity contribution >= 4 is 12.0 Å². The van der Waals surface area contributed by atoms with Crippen LogP contribution in [0.1, 0.15) is 40.5 Å². The number of carbonyl (C=O) groups is 2. The summed E-state index contributed by atoms with van der Waals surface area (Å²) in [6, 6.07) is 0.415. The number of hydrogen-bond donors (Lipinski definition) is 1. The van der Waals surface area contributed by atoms with Crippen molar-refractivity contribution in [2.24, 2.45) is 0 Å². The molecule has 2 aliphatic rings. The minimum Gasteiger partial charge on any atom is -0.444 e. The minimum atomic E-state index is -0.447. The van der Waals surface area contributed by atoms with Crippen molar-refractivity contribution in [2.75, 3.05) is 39.3 Å². The molecule has 1 N–H and O–H groups in total. The molecular weight excluding hydrogens is 296 g/mol. The lowest BCUT2D eigenvalue weighted by atomic mass is 10.1. The summed E-state index contributed by atoms with van der Waals surface area (Å²) in [5.74, 6) is 0.162. The van der Waals surface area contributed by atoms with Gasteiger partial charge >= 0.3 is 6.09 Å². The fourth-order valence-electron chi connectivity index (χ4n) is 2.93. The molecule has 0 atom stereocenters. The molecule has 0 unspecified atom stereocenters. The summed E-state index contributed by atoms with van der Waals surface area (Å²) in [4.78, 5) is 27.0. The van der Waals surface area contributed by atoms with Crippen LogP contribution >= 0.6 is 0 Å². The first-order valence-corrected chi connectivity index (χ1v) is 8.49. The molecule has 0 aromatic rings. The highest BCUT2D eigenvalue weighted by Crippen LogP contribution is 2.13. The van der Waals surface area contributed by atoms with E-state index in [4.69, 9.17) is 4.74 Å². The van der Waals surface area contributed by atoms with Gasteiger partial charge in [0.25, 0.3) is 0 Å². The first-order chi connectivity index (χ1) is 10.7. The van der Waals surface area contributed by atoms with E-state index in [2.05, 4.69) is 10.4 Å². The van der Waals surface area contributed by atoms with Gasteiger partial charge in [-0.15, -0.1) is 0 Å². The molecule has 0 radical (unpaired) electrons. The predicted molar refractivity (Wildman–Crippen MR) is 87.8 cm³/mol. The van der Waals surface area contributed by atoms with E-state index in [0.717, 1.165) is 39.0 Å². The third-order valence-electron chi connectivity index (χ3n) is 4.24. The SMILES string of the molecule is CC(=O)N1CCC(NN2CCN(C(=O)OC(C)(C)C)CC2)CC1. The van der Waals surface area contributed by atoms with Crippen LogP contribution in [0.2, 0.25) is 0 Å². The van der Waals surface area contributed by atoms with E-state index in [-0.39, 0.29) is 12.0 Å². The van der Waals surface area contributed by atoms with Crippen LogP contribution < -0.4 is 5.43 Å². The van der Waals surface area contributed by atoms with Crippen molar-refractivity contribution in [3.63, 3.8) is 0 Å². The Hall–Kier alpha value is -1.34. The van der Waals surface area contributed by atoms with Crippen molar-refractivity contribution in [1.29, 1.82) is 0 Å². The van der Waals surface area contributed by atoms with Crippen molar-refractivity contribution in [3.05, 3.63) is 0 Å². The third kappa shape index (κ3) is 5.66. The molecule has 132 valence electrons. The lowest BCUT2D eigenvalue weighted by Gasteiger charge is -2.39. The summed E-state index contributed by atoms with van der Waals surface area (Å²) in [7, 11) is 0. The van der Waals surface area contributed by atoms with Gasteiger partial charge in [-0.25, -0.2) is 9.80 Å². The number of piperidine rings is 1. The number of nitrogens with one attached hydrogen (secondary N) is 1. The second-order valence-electron chi connectivity index (χ2n) is 7.36. The fraction of sp³-hybridized carbons (Fsp3) is 0.875. The van der Waals surface area contributed by atoms with Gasteiger partial charge in [-0.3, -0.25) is 10.2 Å². The van der Waals surface area contributed by atoms with Crippen LogP contribution in [0.3, 0.4) is 0 Å². The molecule has 2 saturated heterocycles. The van der Waals surface area contributed by atoms with Crippen molar-refractivity contribution in [2.45, 2.75) is 52.2 Å². The highest BCUT2D eigenvalue weighted by Gasteiger charge is 2.27. The molecule has 7 nitrogen and oxygen atoms in total. The van der Waals surface area contributed by atoms with Crippen LogP contribution in [0.4, 0.5) is 4.79 Å². The fourth-order valence-corrected chi connectivity index (χ4v) is 2.93. The number of likely N-dealkylation sites (tertiary alicyclic amines) is 1. The van der Waals surface area contributed by atoms with Gasteiger partial charge in [-0.2, -0.15) is 0 Å². The first kappa shape index (κ1) is 18.0. The third-order valence-corrected chi connectivity index (χ3v) is 4.24. The van der Waals surface area contributed by atoms with E-state index >= 15 is 0 Å². The molecule has 0 spiro atoms. The Labute approximate surface area is 138 Å². The van der Waals surface area contributed by atoms with Crippen LogP contribution in [0, 0.1) is 0 Å². The Morgan fingerprint density at radius 1 is 0.957 bits per heavy atom. The molecule has 0 aromatic carbocycles. The number of amides is 2. The minimum absolute atomic E-state index is 0.162. The van der Waals surface area contributed by atoms with E-state index in [0.29, 0.717) is 19.1 Å². The summed E-state index contributed by atoms with van der Waals surface area (Å²) in [5.41, 5.74) is 3.09. The average Bonchev–Trinajstić information content (AvgIpc) is 2.46. The maximum Gasteiger partial charge on any atom is 0.410 e. The van der Waals surface area contributed by atoms with Gasteiger partial charge in [-0.1, -0.05) is 0 Å². The molecule has 23 heavy (non-hydrogen) atoms. The van der Waals surface area contributed by atoms with Crippen molar-refractivity contribution < 1.29 is 14.3 Å². The number of ether oxygens (including phenoxy) is 1. The lowest BCUT2D eigenvalue weighted by Crippen LogP contribution is -2.57. The second-order valence-corrected chi connectivity index (χ2v) is 7.36. The van der Waals surface area contributed by atoms with Gasteiger partial charge in [0.1, 0.15) is 5.60 Å². The highest BCUT2D eigenvalue weighted by atomic mass is 16.6. The largest absolute Gasteiger partial charge is 0.444 e. The van der Waals surface area contributed by atoms with E-state index < -0.39 is 5.60 Å². The molecule has 2 heterocycles. The van der Waals surface area contributed by atoms with E-state index in [9.17, 15) is 9.59 Å². The van der Waals surface area contributed by atoms with Crippen LogP contribution in [-0.2, 0) is 9.53 Å². The van der Waals surface area contributed by atoms with Crippen LogP contribution in [0.25, 0.3) is 0 Å². The topological polar surface area (TPSA) is 65.1 Å². The molecule has 0 aromatic heterocycles. The molecule has 0 bridgehead atoms. The zero-order chi connectivity index (χ0) is 17.0. The number of hydrogen-bond acceptors (Lipinski definition) is 5. The number of piperazine rings is 1. The van der Waals surface area contributed by atoms with Gasteiger partial charge in [0.15, 0.2) is 0 Å². The van der Waals surface area contributed by atoms with Gasteiger partial charge in [0, 0.05) is 52.2 Å². The summed E-state index contributed by atoms with van der Waals surface area (Å²) in [6.07, 6.45) is 1.73. The summed E-state index contributed by atoms with van der Waals surface area (Å²) in [5, 5.41) is 2.19. The van der Waals surface area contributed by atoms with Crippen LogP contribution in [0.15, 0.2) is 0 Å². The van der Waals surface area contributed by atoms with E-state index in [1.165, 1.54) is 0 Å². The van der Waals surface area contributed by atoms with Gasteiger partial charge in [0.2, 0.25) is 5.91 Å². The Morgan fingerprint density at radius 2 is 1.52 bits per heavy atom. The maximum atomic E-state index is 12.0. The molecule has 2 rings (SSSR count). The van der Waals surface area contributed by atoms with Crippen LogP contribution in [0.5, 0.6) is 0 Å². The van der Waals surface area contributed by atoms with E-state index in [1.807, 2.05) is 25.7 Å². The summed E-state index contributed by atoms with van der Waals surface area (Å²) >= 11 is 0. The maximum absolute atomic E-state index is 12.0. The quantitative estimate of drug-likeness (QED) is 0.822. The molecule has 2 amide bonds. The standard InChI is InChI=1S/C16H30N4O3/c1-13(21)18-7-5-14(6-8-18)17-20-11-9-19(10-12-20)15(22)23-16(2,3)4/h14,17H,5-12H2,1-4H3. The molecule has 7 heteroatoms. The lowest BCUT2D eigenvalue weighted by molar-refractivity contribution is -0.130. The predicted octanol–water partition coefficient (Wildman–Crippen LogP) is 1.05. The summed E-state index contributed by atoms with van der Waals surface area (Å²) < 4.78 is 5.41. The Bertz CT molecular complexity index is 420. The molecule has 0 saturated carbocycles.